The van der Waals surface area contributed by atoms with Crippen molar-refractivity contribution >= 4 is 22.4 Å². The maximum atomic E-state index is 4.29. The van der Waals surface area contributed by atoms with E-state index < -0.39 is 0 Å². The molecule has 2 heterocycles. The number of para-hydroxylation sites is 1. The molecule has 0 spiro atoms. The summed E-state index contributed by atoms with van der Waals surface area (Å²) in [5.74, 6) is 0. The lowest BCUT2D eigenvalue weighted by Crippen LogP contribution is -1.85. The van der Waals surface area contributed by atoms with Crippen molar-refractivity contribution in [2.75, 3.05) is 0 Å². The summed E-state index contributed by atoms with van der Waals surface area (Å²) < 4.78 is 4.29. The van der Waals surface area contributed by atoms with Gasteiger partial charge in [-0.25, -0.2) is 0 Å². The zero-order valence-corrected chi connectivity index (χ0v) is 14.8. The van der Waals surface area contributed by atoms with Crippen LogP contribution in [0.1, 0.15) is 51.1 Å². The van der Waals surface area contributed by atoms with Crippen LogP contribution in [0.4, 0.5) is 0 Å². The predicted molar refractivity (Wildman–Crippen MR) is 101 cm³/mol. The summed E-state index contributed by atoms with van der Waals surface area (Å²) in [6.45, 7) is 2.26. The molecule has 0 radical (unpaired) electrons. The van der Waals surface area contributed by atoms with E-state index in [2.05, 4.69) is 39.9 Å². The van der Waals surface area contributed by atoms with Crippen LogP contribution < -0.4 is 0 Å². The minimum atomic E-state index is 1.06. The highest BCUT2D eigenvalue weighted by Gasteiger charge is 1.94. The highest BCUT2D eigenvalue weighted by Crippen LogP contribution is 2.09. The van der Waals surface area contributed by atoms with Gasteiger partial charge >= 0.3 is 0 Å². The number of hydrogen-bond acceptors (Lipinski definition) is 3. The third kappa shape index (κ3) is 6.91. The second kappa shape index (κ2) is 10.9. The van der Waals surface area contributed by atoms with Crippen molar-refractivity contribution in [1.29, 1.82) is 0 Å². The van der Waals surface area contributed by atoms with E-state index in [4.69, 9.17) is 0 Å². The average Bonchev–Trinajstić information content (AvgIpc) is 3.12. The quantitative estimate of drug-likeness (QED) is 0.477. The van der Waals surface area contributed by atoms with Crippen LogP contribution in [0.5, 0.6) is 0 Å². The zero-order chi connectivity index (χ0) is 16.2. The van der Waals surface area contributed by atoms with Gasteiger partial charge in [0.05, 0.1) is 11.2 Å². The Morgan fingerprint density at radius 3 is 2.43 bits per heavy atom. The van der Waals surface area contributed by atoms with Gasteiger partial charge < -0.3 is 0 Å². The molecule has 0 saturated heterocycles. The van der Waals surface area contributed by atoms with E-state index in [1.54, 1.807) is 11.5 Å². The number of unbranched alkanes of at least 4 members (excludes halogenated alkanes) is 5. The number of rotatable bonds is 7. The Morgan fingerprint density at radius 1 is 0.870 bits per heavy atom. The van der Waals surface area contributed by atoms with Gasteiger partial charge in [0.1, 0.15) is 0 Å². The van der Waals surface area contributed by atoms with Gasteiger partial charge in [0.2, 0.25) is 0 Å². The number of aromatic nitrogens is 2. The second-order valence-corrected chi connectivity index (χ2v) is 6.37. The SMILES string of the molecule is CCCCCCCCc1ccsn1.c1ccc2ncccc2c1. The van der Waals surface area contributed by atoms with Gasteiger partial charge in [-0.3, -0.25) is 4.98 Å². The topological polar surface area (TPSA) is 25.8 Å². The summed E-state index contributed by atoms with van der Waals surface area (Å²) in [7, 11) is 0. The van der Waals surface area contributed by atoms with Gasteiger partial charge in [0.25, 0.3) is 0 Å². The number of pyridine rings is 1. The number of fused-ring (bicyclic) bond motifs is 1. The fourth-order valence-corrected chi connectivity index (χ4v) is 3.04. The van der Waals surface area contributed by atoms with Crippen LogP contribution in [0.2, 0.25) is 0 Å². The molecule has 0 aliphatic carbocycles. The molecule has 0 bridgehead atoms. The Balaban J connectivity index is 0.000000172. The minimum absolute atomic E-state index is 1.06. The standard InChI is InChI=1S/C11H19NS.C9H7N/c1-2-3-4-5-6-7-8-11-9-10-13-12-11;1-2-6-9-8(4-1)5-3-7-10-9/h9-10H,2-8H2,1H3;1-7H. The number of benzene rings is 1. The highest BCUT2D eigenvalue weighted by molar-refractivity contribution is 7.03. The molecule has 3 heteroatoms. The largest absolute Gasteiger partial charge is 0.256 e. The maximum absolute atomic E-state index is 4.29. The number of aryl methyl sites for hydroxylation is 1. The van der Waals surface area contributed by atoms with Gasteiger partial charge in [-0.1, -0.05) is 63.3 Å². The Kier molecular flexibility index (Phi) is 8.35. The summed E-state index contributed by atoms with van der Waals surface area (Å²) in [6.07, 6.45) is 11.2. The molecule has 0 aliphatic rings. The molecule has 0 amide bonds. The van der Waals surface area contributed by atoms with Crippen LogP contribution in [0.25, 0.3) is 10.9 Å². The molecule has 1 aromatic carbocycles. The molecule has 0 aliphatic heterocycles. The first-order chi connectivity index (χ1) is 11.4. The highest BCUT2D eigenvalue weighted by atomic mass is 32.1. The first kappa shape index (κ1) is 17.6. The summed E-state index contributed by atoms with van der Waals surface area (Å²) >= 11 is 1.56. The summed E-state index contributed by atoms with van der Waals surface area (Å²) in [6, 6.07) is 14.2. The Morgan fingerprint density at radius 2 is 1.65 bits per heavy atom. The second-order valence-electron chi connectivity index (χ2n) is 5.70. The van der Waals surface area contributed by atoms with E-state index in [9.17, 15) is 0 Å². The van der Waals surface area contributed by atoms with Crippen LogP contribution >= 0.6 is 11.5 Å². The Labute approximate surface area is 143 Å². The van der Waals surface area contributed by atoms with E-state index in [-0.39, 0.29) is 0 Å². The maximum Gasteiger partial charge on any atom is 0.0701 e. The van der Waals surface area contributed by atoms with Crippen molar-refractivity contribution in [3.8, 4) is 0 Å². The van der Waals surface area contributed by atoms with Gasteiger partial charge in [-0.15, -0.1) is 0 Å². The molecule has 2 aromatic heterocycles. The molecule has 0 atom stereocenters. The monoisotopic (exact) mass is 326 g/mol. The van der Waals surface area contributed by atoms with E-state index in [0.29, 0.717) is 0 Å². The molecule has 122 valence electrons. The average molecular weight is 327 g/mol. The lowest BCUT2D eigenvalue weighted by atomic mass is 10.1. The van der Waals surface area contributed by atoms with Crippen molar-refractivity contribution in [2.45, 2.75) is 51.9 Å². The molecule has 0 saturated carbocycles. The van der Waals surface area contributed by atoms with Crippen molar-refractivity contribution in [1.82, 2.24) is 9.36 Å². The summed E-state index contributed by atoms with van der Waals surface area (Å²) in [5, 5.41) is 3.26. The molecule has 2 nitrogen and oxygen atoms in total. The van der Waals surface area contributed by atoms with Crippen LogP contribution in [0, 0.1) is 0 Å². The van der Waals surface area contributed by atoms with Crippen molar-refractivity contribution < 1.29 is 0 Å². The van der Waals surface area contributed by atoms with Crippen molar-refractivity contribution in [3.05, 3.63) is 59.7 Å². The van der Waals surface area contributed by atoms with Gasteiger partial charge in [0.15, 0.2) is 0 Å². The molecule has 0 N–H and O–H groups in total. The van der Waals surface area contributed by atoms with E-state index in [1.807, 2.05) is 30.5 Å². The third-order valence-electron chi connectivity index (χ3n) is 3.79. The molecule has 0 fully saturated rings. The molecular formula is C20H26N2S. The Hall–Kier alpha value is -1.74. The van der Waals surface area contributed by atoms with Crippen molar-refractivity contribution in [3.63, 3.8) is 0 Å². The van der Waals surface area contributed by atoms with Crippen LogP contribution in [-0.4, -0.2) is 9.36 Å². The number of nitrogens with zero attached hydrogens (tertiary/aromatic N) is 2. The first-order valence-electron chi connectivity index (χ1n) is 8.59. The first-order valence-corrected chi connectivity index (χ1v) is 9.43. The number of hydrogen-bond donors (Lipinski definition) is 0. The molecule has 0 unspecified atom stereocenters. The Bertz CT molecular complexity index is 584. The summed E-state index contributed by atoms with van der Waals surface area (Å²) in [4.78, 5) is 4.18. The predicted octanol–water partition coefficient (Wildman–Crippen LogP) is 6.28. The van der Waals surface area contributed by atoms with E-state index in [1.165, 1.54) is 56.0 Å². The minimum Gasteiger partial charge on any atom is -0.256 e. The zero-order valence-electron chi connectivity index (χ0n) is 13.9. The molecule has 3 aromatic rings. The molecule has 3 rings (SSSR count). The van der Waals surface area contributed by atoms with Crippen molar-refractivity contribution in [2.24, 2.45) is 0 Å². The van der Waals surface area contributed by atoms with Crippen LogP contribution in [0.15, 0.2) is 54.0 Å². The van der Waals surface area contributed by atoms with E-state index in [0.717, 1.165) is 5.52 Å². The van der Waals surface area contributed by atoms with Crippen LogP contribution in [0.3, 0.4) is 0 Å². The van der Waals surface area contributed by atoms with Gasteiger partial charge in [-0.05, 0) is 42.6 Å². The molecular weight excluding hydrogens is 300 g/mol. The lowest BCUT2D eigenvalue weighted by molar-refractivity contribution is 0.606. The van der Waals surface area contributed by atoms with Crippen LogP contribution in [-0.2, 0) is 6.42 Å². The smallest absolute Gasteiger partial charge is 0.0701 e. The summed E-state index contributed by atoms with van der Waals surface area (Å²) in [5.41, 5.74) is 2.34. The lowest BCUT2D eigenvalue weighted by Gasteiger charge is -1.98. The fraction of sp³-hybridized carbons (Fsp3) is 0.400. The molecule has 23 heavy (non-hydrogen) atoms. The fourth-order valence-electron chi connectivity index (χ4n) is 2.47. The normalized spacial score (nSPS) is 10.3. The van der Waals surface area contributed by atoms with Gasteiger partial charge in [-0.2, -0.15) is 4.37 Å². The van der Waals surface area contributed by atoms with Gasteiger partial charge in [0, 0.05) is 17.0 Å². The van der Waals surface area contributed by atoms with E-state index >= 15 is 0 Å². The third-order valence-corrected chi connectivity index (χ3v) is 4.39.